The van der Waals surface area contributed by atoms with Crippen molar-refractivity contribution in [1.82, 2.24) is 14.1 Å². The van der Waals surface area contributed by atoms with Crippen molar-refractivity contribution < 1.29 is 13.2 Å². The fourth-order valence-corrected chi connectivity index (χ4v) is 4.03. The number of hydrogen-bond donors (Lipinski definition) is 2. The number of fused-ring (bicyclic) bond motifs is 1. The summed E-state index contributed by atoms with van der Waals surface area (Å²) in [7, 11) is -0.560. The zero-order chi connectivity index (χ0) is 22.1. The van der Waals surface area contributed by atoms with Crippen LogP contribution < -0.4 is 21.3 Å². The van der Waals surface area contributed by atoms with Gasteiger partial charge in [-0.2, -0.15) is 0 Å². The highest BCUT2D eigenvalue weighted by Gasteiger charge is 2.14. The predicted molar refractivity (Wildman–Crippen MR) is 114 cm³/mol. The second kappa shape index (κ2) is 8.11. The van der Waals surface area contributed by atoms with Crippen LogP contribution in [0.4, 0.5) is 11.4 Å². The van der Waals surface area contributed by atoms with Crippen LogP contribution in [0, 0.1) is 0 Å². The standard InChI is InChI=1S/C19H21N5O5S/c1-4-11-30(28,29)22-13-7-5-12(6-8-13)20-17(25)15-10-9-14-16(21-15)23(2)19(27)24(3)18(14)26/h5-10,22H,4,11H2,1-3H3,(H,20,25). The average molecular weight is 431 g/mol. The number of nitrogens with zero attached hydrogens (tertiary/aromatic N) is 3. The highest BCUT2D eigenvalue weighted by molar-refractivity contribution is 7.92. The number of amides is 1. The molecule has 2 aromatic heterocycles. The molecule has 158 valence electrons. The van der Waals surface area contributed by atoms with Crippen LogP contribution in [0.15, 0.2) is 46.0 Å². The van der Waals surface area contributed by atoms with E-state index in [1.165, 1.54) is 42.9 Å². The van der Waals surface area contributed by atoms with E-state index in [-0.39, 0.29) is 22.5 Å². The maximum absolute atomic E-state index is 12.5. The first kappa shape index (κ1) is 21.2. The molecule has 0 saturated heterocycles. The summed E-state index contributed by atoms with van der Waals surface area (Å²) >= 11 is 0. The zero-order valence-corrected chi connectivity index (χ0v) is 17.5. The van der Waals surface area contributed by atoms with Gasteiger partial charge in [-0.25, -0.2) is 18.2 Å². The molecule has 0 aliphatic heterocycles. The molecule has 0 fully saturated rings. The fourth-order valence-electron chi connectivity index (χ4n) is 2.90. The number of nitrogens with one attached hydrogen (secondary N) is 2. The zero-order valence-electron chi connectivity index (χ0n) is 16.7. The third-order valence-corrected chi connectivity index (χ3v) is 5.92. The Morgan fingerprint density at radius 3 is 2.27 bits per heavy atom. The van der Waals surface area contributed by atoms with Gasteiger partial charge in [0.25, 0.3) is 11.5 Å². The minimum atomic E-state index is -3.40. The van der Waals surface area contributed by atoms with Gasteiger partial charge in [-0.05, 0) is 42.8 Å². The molecule has 0 spiro atoms. The van der Waals surface area contributed by atoms with Crippen molar-refractivity contribution in [2.45, 2.75) is 13.3 Å². The molecule has 0 aliphatic rings. The van der Waals surface area contributed by atoms with E-state index in [1.807, 2.05) is 0 Å². The highest BCUT2D eigenvalue weighted by Crippen LogP contribution is 2.16. The van der Waals surface area contributed by atoms with Crippen LogP contribution >= 0.6 is 0 Å². The van der Waals surface area contributed by atoms with Crippen LogP contribution in [0.1, 0.15) is 23.8 Å². The van der Waals surface area contributed by atoms with Crippen molar-refractivity contribution >= 4 is 38.3 Å². The number of hydrogen-bond acceptors (Lipinski definition) is 6. The van der Waals surface area contributed by atoms with Crippen LogP contribution in [0.3, 0.4) is 0 Å². The van der Waals surface area contributed by atoms with Crippen molar-refractivity contribution in [3.8, 4) is 0 Å². The van der Waals surface area contributed by atoms with Crippen molar-refractivity contribution in [2.24, 2.45) is 14.1 Å². The van der Waals surface area contributed by atoms with Gasteiger partial charge in [-0.15, -0.1) is 0 Å². The normalized spacial score (nSPS) is 11.4. The van der Waals surface area contributed by atoms with E-state index in [9.17, 15) is 22.8 Å². The molecule has 30 heavy (non-hydrogen) atoms. The number of rotatable bonds is 6. The van der Waals surface area contributed by atoms with Crippen LogP contribution in [-0.4, -0.2) is 34.2 Å². The molecule has 10 nitrogen and oxygen atoms in total. The summed E-state index contributed by atoms with van der Waals surface area (Å²) in [5.74, 6) is -0.519. The Bertz CT molecular complexity index is 1340. The Hall–Kier alpha value is -3.47. The van der Waals surface area contributed by atoms with E-state index < -0.39 is 27.2 Å². The fraction of sp³-hybridized carbons (Fsp3) is 0.263. The van der Waals surface area contributed by atoms with Gasteiger partial charge >= 0.3 is 5.69 Å². The van der Waals surface area contributed by atoms with Gasteiger partial charge in [0.05, 0.1) is 11.1 Å². The van der Waals surface area contributed by atoms with Crippen LogP contribution in [-0.2, 0) is 24.1 Å². The van der Waals surface area contributed by atoms with Gasteiger partial charge < -0.3 is 5.32 Å². The Morgan fingerprint density at radius 1 is 1.00 bits per heavy atom. The molecule has 2 N–H and O–H groups in total. The van der Waals surface area contributed by atoms with Gasteiger partial charge in [0, 0.05) is 25.5 Å². The lowest BCUT2D eigenvalue weighted by molar-refractivity contribution is 0.102. The summed E-state index contributed by atoms with van der Waals surface area (Å²) in [6.45, 7) is 1.77. The lowest BCUT2D eigenvalue weighted by Crippen LogP contribution is -2.37. The molecule has 3 aromatic rings. The Balaban J connectivity index is 1.83. The second-order valence-corrected chi connectivity index (χ2v) is 8.57. The lowest BCUT2D eigenvalue weighted by atomic mass is 10.2. The lowest BCUT2D eigenvalue weighted by Gasteiger charge is -2.10. The molecule has 2 heterocycles. The first-order valence-electron chi connectivity index (χ1n) is 9.11. The summed E-state index contributed by atoms with van der Waals surface area (Å²) in [6.07, 6.45) is 0.500. The molecule has 0 aliphatic carbocycles. The maximum atomic E-state index is 12.5. The summed E-state index contributed by atoms with van der Waals surface area (Å²) in [5, 5.41) is 2.87. The van der Waals surface area contributed by atoms with E-state index >= 15 is 0 Å². The second-order valence-electron chi connectivity index (χ2n) is 6.73. The van der Waals surface area contributed by atoms with Gasteiger partial charge in [0.15, 0.2) is 0 Å². The number of sulfonamides is 1. The molecule has 11 heteroatoms. The molecule has 0 bridgehead atoms. The predicted octanol–water partition coefficient (Wildman–Crippen LogP) is 1.04. The largest absolute Gasteiger partial charge is 0.332 e. The first-order chi connectivity index (χ1) is 14.1. The van der Waals surface area contributed by atoms with Gasteiger partial charge in [0.1, 0.15) is 11.3 Å². The molecule has 0 atom stereocenters. The van der Waals surface area contributed by atoms with Gasteiger partial charge in [-0.1, -0.05) is 6.92 Å². The van der Waals surface area contributed by atoms with E-state index in [2.05, 4.69) is 15.0 Å². The third-order valence-electron chi connectivity index (χ3n) is 4.42. The maximum Gasteiger partial charge on any atom is 0.332 e. The smallest absolute Gasteiger partial charge is 0.321 e. The van der Waals surface area contributed by atoms with Crippen molar-refractivity contribution in [1.29, 1.82) is 0 Å². The number of aromatic nitrogens is 3. The quantitative estimate of drug-likeness (QED) is 0.599. The Kier molecular flexibility index (Phi) is 5.74. The minimum Gasteiger partial charge on any atom is -0.321 e. The van der Waals surface area contributed by atoms with E-state index in [4.69, 9.17) is 0 Å². The number of carbonyl (C=O) groups is 1. The van der Waals surface area contributed by atoms with Crippen LogP contribution in [0.5, 0.6) is 0 Å². The Morgan fingerprint density at radius 2 is 1.63 bits per heavy atom. The monoisotopic (exact) mass is 431 g/mol. The summed E-state index contributed by atoms with van der Waals surface area (Å²) < 4.78 is 28.3. The molecular formula is C19H21N5O5S. The number of aryl methyl sites for hydroxylation is 1. The van der Waals surface area contributed by atoms with Crippen molar-refractivity contribution in [3.63, 3.8) is 0 Å². The molecule has 0 saturated carbocycles. The SMILES string of the molecule is CCCS(=O)(=O)Nc1ccc(NC(=O)c2ccc3c(=O)n(C)c(=O)n(C)c3n2)cc1. The molecule has 1 aromatic carbocycles. The van der Waals surface area contributed by atoms with Crippen LogP contribution in [0.2, 0.25) is 0 Å². The molecule has 0 radical (unpaired) electrons. The summed E-state index contributed by atoms with van der Waals surface area (Å²) in [6, 6.07) is 9.01. The first-order valence-corrected chi connectivity index (χ1v) is 10.8. The van der Waals surface area contributed by atoms with E-state index in [0.29, 0.717) is 17.8 Å². The molecule has 1 amide bonds. The van der Waals surface area contributed by atoms with Gasteiger partial charge in [-0.3, -0.25) is 23.4 Å². The topological polar surface area (TPSA) is 132 Å². The van der Waals surface area contributed by atoms with Crippen molar-refractivity contribution in [2.75, 3.05) is 15.8 Å². The summed E-state index contributed by atoms with van der Waals surface area (Å²) in [4.78, 5) is 41.0. The number of benzene rings is 1. The Labute approximate surface area is 172 Å². The van der Waals surface area contributed by atoms with Gasteiger partial charge in [0.2, 0.25) is 10.0 Å². The van der Waals surface area contributed by atoms with E-state index in [1.54, 1.807) is 19.1 Å². The minimum absolute atomic E-state index is 0.0186. The molecule has 0 unspecified atom stereocenters. The van der Waals surface area contributed by atoms with E-state index in [0.717, 1.165) is 4.57 Å². The van der Waals surface area contributed by atoms with Crippen LogP contribution in [0.25, 0.3) is 11.0 Å². The van der Waals surface area contributed by atoms with Crippen molar-refractivity contribution in [3.05, 3.63) is 62.9 Å². The number of carbonyl (C=O) groups excluding carboxylic acids is 1. The third kappa shape index (κ3) is 4.25. The molecular weight excluding hydrogens is 410 g/mol. The number of anilines is 2. The number of pyridine rings is 1. The highest BCUT2D eigenvalue weighted by atomic mass is 32.2. The summed E-state index contributed by atoms with van der Waals surface area (Å²) in [5.41, 5.74) is -0.0865. The average Bonchev–Trinajstić information content (AvgIpc) is 2.71. The molecule has 3 rings (SSSR count).